The molecule has 0 aliphatic heterocycles. The summed E-state index contributed by atoms with van der Waals surface area (Å²) in [6, 6.07) is 15.0. The fourth-order valence-electron chi connectivity index (χ4n) is 3.22. The summed E-state index contributed by atoms with van der Waals surface area (Å²) in [5.41, 5.74) is 3.17. The summed E-state index contributed by atoms with van der Waals surface area (Å²) in [4.78, 5) is 23.6. The highest BCUT2D eigenvalue weighted by atomic mass is 16.2. The Morgan fingerprint density at radius 2 is 1.58 bits per heavy atom. The van der Waals surface area contributed by atoms with Crippen LogP contribution in [0.3, 0.4) is 0 Å². The number of rotatable bonds is 5. The quantitative estimate of drug-likeness (QED) is 0.657. The monoisotopic (exact) mass is 351 g/mol. The van der Waals surface area contributed by atoms with Gasteiger partial charge in [0.1, 0.15) is 0 Å². The molecule has 2 aromatic rings. The van der Waals surface area contributed by atoms with Gasteiger partial charge in [-0.3, -0.25) is 4.79 Å². The van der Waals surface area contributed by atoms with E-state index in [9.17, 15) is 9.59 Å². The summed E-state index contributed by atoms with van der Waals surface area (Å²) in [5.74, 6) is 0.0391. The van der Waals surface area contributed by atoms with E-state index in [0.717, 1.165) is 29.9 Å². The molecule has 5 heteroatoms. The van der Waals surface area contributed by atoms with E-state index in [1.165, 1.54) is 19.3 Å². The van der Waals surface area contributed by atoms with Gasteiger partial charge in [-0.05, 0) is 56.2 Å². The van der Waals surface area contributed by atoms with Gasteiger partial charge in [-0.15, -0.1) is 0 Å². The number of carbonyl (C=O) groups excluding carboxylic acids is 2. The molecular weight excluding hydrogens is 326 g/mol. The Hall–Kier alpha value is -2.82. The van der Waals surface area contributed by atoms with Crippen molar-refractivity contribution >= 4 is 28.9 Å². The minimum atomic E-state index is -0.147. The highest BCUT2D eigenvalue weighted by Crippen LogP contribution is 2.21. The smallest absolute Gasteiger partial charge is 0.319 e. The van der Waals surface area contributed by atoms with Crippen LogP contribution < -0.4 is 16.0 Å². The Morgan fingerprint density at radius 3 is 2.27 bits per heavy atom. The molecule has 136 valence electrons. The van der Waals surface area contributed by atoms with Crippen molar-refractivity contribution in [1.29, 1.82) is 0 Å². The zero-order chi connectivity index (χ0) is 18.4. The Balaban J connectivity index is 1.55. The standard InChI is InChI=1S/C21H25N3O2/c1-15(25)16-6-5-9-20(14-16)22-18-10-12-19(13-11-18)24-21(26)23-17-7-3-2-4-8-17/h5-6,9-14,17,22H,2-4,7-8H2,1H3,(H2,23,24,26). The Morgan fingerprint density at radius 1 is 0.885 bits per heavy atom. The van der Waals surface area contributed by atoms with Gasteiger partial charge in [0.15, 0.2) is 5.78 Å². The van der Waals surface area contributed by atoms with Crippen LogP contribution in [-0.2, 0) is 0 Å². The van der Waals surface area contributed by atoms with Crippen molar-refractivity contribution in [3.63, 3.8) is 0 Å². The lowest BCUT2D eigenvalue weighted by atomic mass is 9.96. The predicted molar refractivity (Wildman–Crippen MR) is 105 cm³/mol. The lowest BCUT2D eigenvalue weighted by Crippen LogP contribution is -2.38. The molecule has 0 bridgehead atoms. The van der Waals surface area contributed by atoms with E-state index in [1.54, 1.807) is 13.0 Å². The van der Waals surface area contributed by atoms with Crippen molar-refractivity contribution in [2.24, 2.45) is 0 Å². The molecule has 3 rings (SSSR count). The third-order valence-corrected chi connectivity index (χ3v) is 4.64. The number of urea groups is 1. The van der Waals surface area contributed by atoms with Crippen LogP contribution in [0, 0.1) is 0 Å². The van der Waals surface area contributed by atoms with Crippen LogP contribution in [0.5, 0.6) is 0 Å². The molecule has 0 spiro atoms. The summed E-state index contributed by atoms with van der Waals surface area (Å²) in [6.07, 6.45) is 5.78. The van der Waals surface area contributed by atoms with Gasteiger partial charge in [-0.2, -0.15) is 0 Å². The number of ketones is 1. The van der Waals surface area contributed by atoms with Gasteiger partial charge in [0, 0.05) is 28.7 Å². The van der Waals surface area contributed by atoms with Crippen LogP contribution in [0.1, 0.15) is 49.4 Å². The van der Waals surface area contributed by atoms with Gasteiger partial charge in [-0.25, -0.2) is 4.79 Å². The molecule has 1 saturated carbocycles. The van der Waals surface area contributed by atoms with E-state index in [0.29, 0.717) is 11.6 Å². The number of benzene rings is 2. The first-order valence-corrected chi connectivity index (χ1v) is 9.16. The van der Waals surface area contributed by atoms with E-state index in [-0.39, 0.29) is 11.8 Å². The molecule has 2 amide bonds. The van der Waals surface area contributed by atoms with Gasteiger partial charge < -0.3 is 16.0 Å². The molecule has 1 aliphatic rings. The first-order valence-electron chi connectivity index (χ1n) is 9.16. The second kappa shape index (κ2) is 8.52. The number of Topliss-reactive ketones (excluding diaryl/α,β-unsaturated/α-hetero) is 1. The molecule has 0 unspecified atom stereocenters. The van der Waals surface area contributed by atoms with E-state index in [1.807, 2.05) is 42.5 Å². The molecule has 0 atom stereocenters. The maximum Gasteiger partial charge on any atom is 0.319 e. The van der Waals surface area contributed by atoms with E-state index < -0.39 is 0 Å². The van der Waals surface area contributed by atoms with Crippen LogP contribution in [0.15, 0.2) is 48.5 Å². The molecule has 2 aromatic carbocycles. The van der Waals surface area contributed by atoms with Crippen LogP contribution in [0.4, 0.5) is 21.9 Å². The van der Waals surface area contributed by atoms with E-state index in [4.69, 9.17) is 0 Å². The van der Waals surface area contributed by atoms with Crippen LogP contribution in [0.25, 0.3) is 0 Å². The van der Waals surface area contributed by atoms with Gasteiger partial charge in [-0.1, -0.05) is 31.4 Å². The summed E-state index contributed by atoms with van der Waals surface area (Å²) < 4.78 is 0. The first kappa shape index (κ1) is 18.0. The van der Waals surface area contributed by atoms with Gasteiger partial charge in [0.2, 0.25) is 0 Å². The molecule has 1 fully saturated rings. The molecular formula is C21H25N3O2. The lowest BCUT2D eigenvalue weighted by molar-refractivity contribution is 0.101. The largest absolute Gasteiger partial charge is 0.356 e. The van der Waals surface area contributed by atoms with Crippen molar-refractivity contribution in [2.75, 3.05) is 10.6 Å². The van der Waals surface area contributed by atoms with E-state index in [2.05, 4.69) is 16.0 Å². The number of hydrogen-bond acceptors (Lipinski definition) is 3. The van der Waals surface area contributed by atoms with Crippen LogP contribution >= 0.6 is 0 Å². The maximum atomic E-state index is 12.1. The molecule has 26 heavy (non-hydrogen) atoms. The summed E-state index contributed by atoms with van der Waals surface area (Å²) >= 11 is 0. The van der Waals surface area contributed by atoms with E-state index >= 15 is 0 Å². The van der Waals surface area contributed by atoms with Crippen molar-refractivity contribution in [3.8, 4) is 0 Å². The Bertz CT molecular complexity index is 765. The minimum Gasteiger partial charge on any atom is -0.356 e. The Kier molecular flexibility index (Phi) is 5.89. The summed E-state index contributed by atoms with van der Waals surface area (Å²) in [5, 5.41) is 9.19. The second-order valence-electron chi connectivity index (χ2n) is 6.77. The number of amides is 2. The second-order valence-corrected chi connectivity index (χ2v) is 6.77. The number of hydrogen-bond donors (Lipinski definition) is 3. The van der Waals surface area contributed by atoms with Crippen molar-refractivity contribution in [1.82, 2.24) is 5.32 Å². The molecule has 3 N–H and O–H groups in total. The third kappa shape index (κ3) is 5.09. The molecule has 5 nitrogen and oxygen atoms in total. The zero-order valence-corrected chi connectivity index (χ0v) is 15.0. The minimum absolute atomic E-state index is 0.0391. The average Bonchev–Trinajstić information content (AvgIpc) is 2.64. The number of anilines is 3. The SMILES string of the molecule is CC(=O)c1cccc(Nc2ccc(NC(=O)NC3CCCCC3)cc2)c1. The molecule has 1 aliphatic carbocycles. The maximum absolute atomic E-state index is 12.1. The Labute approximate surface area is 154 Å². The van der Waals surface area contributed by atoms with Crippen LogP contribution in [-0.4, -0.2) is 17.9 Å². The van der Waals surface area contributed by atoms with Crippen molar-refractivity contribution in [3.05, 3.63) is 54.1 Å². The predicted octanol–water partition coefficient (Wildman–Crippen LogP) is 5.09. The van der Waals surface area contributed by atoms with Gasteiger partial charge in [0.25, 0.3) is 0 Å². The third-order valence-electron chi connectivity index (χ3n) is 4.64. The molecule has 0 radical (unpaired) electrons. The number of nitrogens with one attached hydrogen (secondary N) is 3. The first-order chi connectivity index (χ1) is 12.6. The summed E-state index contributed by atoms with van der Waals surface area (Å²) in [7, 11) is 0. The van der Waals surface area contributed by atoms with Gasteiger partial charge >= 0.3 is 6.03 Å². The number of carbonyl (C=O) groups is 2. The highest BCUT2D eigenvalue weighted by Gasteiger charge is 2.15. The highest BCUT2D eigenvalue weighted by molar-refractivity contribution is 5.95. The van der Waals surface area contributed by atoms with Gasteiger partial charge in [0.05, 0.1) is 0 Å². The lowest BCUT2D eigenvalue weighted by Gasteiger charge is -2.22. The van der Waals surface area contributed by atoms with Crippen molar-refractivity contribution < 1.29 is 9.59 Å². The summed E-state index contributed by atoms with van der Waals surface area (Å²) in [6.45, 7) is 1.55. The zero-order valence-electron chi connectivity index (χ0n) is 15.0. The molecule has 0 heterocycles. The fourth-order valence-corrected chi connectivity index (χ4v) is 3.22. The molecule has 0 aromatic heterocycles. The van der Waals surface area contributed by atoms with Crippen LogP contribution in [0.2, 0.25) is 0 Å². The molecule has 0 saturated heterocycles. The average molecular weight is 351 g/mol. The normalized spacial score (nSPS) is 14.5. The topological polar surface area (TPSA) is 70.2 Å². The van der Waals surface area contributed by atoms with Crippen molar-refractivity contribution in [2.45, 2.75) is 45.1 Å². The fraction of sp³-hybridized carbons (Fsp3) is 0.333.